The van der Waals surface area contributed by atoms with Gasteiger partial charge in [-0.3, -0.25) is 25.2 Å². The number of hydrogen-bond donors (Lipinski definition) is 3. The Morgan fingerprint density at radius 1 is 0.939 bits per heavy atom. The van der Waals surface area contributed by atoms with Gasteiger partial charge in [-0.15, -0.1) is 0 Å². The molecule has 1 aromatic heterocycles. The SMILES string of the molecule is Cc1cc(C(=O)NNC(=O)c2cccc(NC(=O)C3CCCO3)c2)c(C)n1-c1ccccc1. The van der Waals surface area contributed by atoms with E-state index in [1.807, 2.05) is 48.7 Å². The van der Waals surface area contributed by atoms with Crippen molar-refractivity contribution in [3.8, 4) is 5.69 Å². The van der Waals surface area contributed by atoms with Crippen molar-refractivity contribution in [1.29, 1.82) is 0 Å². The predicted molar refractivity (Wildman–Crippen MR) is 124 cm³/mol. The topological polar surface area (TPSA) is 101 Å². The van der Waals surface area contributed by atoms with Gasteiger partial charge in [0.15, 0.2) is 0 Å². The van der Waals surface area contributed by atoms with Gasteiger partial charge >= 0.3 is 0 Å². The Kier molecular flexibility index (Phi) is 6.55. The summed E-state index contributed by atoms with van der Waals surface area (Å²) in [6.45, 7) is 4.36. The molecule has 0 aliphatic carbocycles. The molecule has 3 amide bonds. The largest absolute Gasteiger partial charge is 0.368 e. The van der Waals surface area contributed by atoms with E-state index in [2.05, 4.69) is 16.2 Å². The Morgan fingerprint density at radius 3 is 2.42 bits per heavy atom. The highest BCUT2D eigenvalue weighted by Crippen LogP contribution is 2.21. The van der Waals surface area contributed by atoms with Crippen LogP contribution in [-0.2, 0) is 9.53 Å². The van der Waals surface area contributed by atoms with Gasteiger partial charge in [-0.25, -0.2) is 0 Å². The third-order valence-electron chi connectivity index (χ3n) is 5.59. The van der Waals surface area contributed by atoms with Gasteiger partial charge in [-0.1, -0.05) is 24.3 Å². The van der Waals surface area contributed by atoms with Crippen molar-refractivity contribution in [2.24, 2.45) is 0 Å². The molecule has 3 N–H and O–H groups in total. The molecule has 4 rings (SSSR count). The molecule has 0 spiro atoms. The van der Waals surface area contributed by atoms with Crippen LogP contribution >= 0.6 is 0 Å². The minimum atomic E-state index is -0.492. The molecule has 1 aliphatic rings. The minimum absolute atomic E-state index is 0.230. The lowest BCUT2D eigenvalue weighted by atomic mass is 10.1. The normalized spacial score (nSPS) is 15.2. The molecule has 0 bridgehead atoms. The van der Waals surface area contributed by atoms with Gasteiger partial charge in [0.2, 0.25) is 0 Å². The summed E-state index contributed by atoms with van der Waals surface area (Å²) in [6, 6.07) is 18.0. The fourth-order valence-electron chi connectivity index (χ4n) is 3.97. The van der Waals surface area contributed by atoms with Gasteiger partial charge in [0.05, 0.1) is 5.56 Å². The first-order chi connectivity index (χ1) is 15.9. The lowest BCUT2D eigenvalue weighted by Crippen LogP contribution is -2.41. The first kappa shape index (κ1) is 22.3. The van der Waals surface area contributed by atoms with Gasteiger partial charge in [0.1, 0.15) is 6.10 Å². The average molecular weight is 447 g/mol. The molecule has 0 radical (unpaired) electrons. The molecule has 1 unspecified atom stereocenters. The van der Waals surface area contributed by atoms with E-state index in [9.17, 15) is 14.4 Å². The number of amides is 3. The standard InChI is InChI=1S/C25H26N4O4/c1-16-14-21(17(2)29(16)20-10-4-3-5-11-20)24(31)28-27-23(30)18-8-6-9-19(15-18)26-25(32)22-12-7-13-33-22/h3-6,8-11,14-15,22H,7,12-13H2,1-2H3,(H,26,32)(H,27,30)(H,28,31). The highest BCUT2D eigenvalue weighted by atomic mass is 16.5. The molecule has 8 nitrogen and oxygen atoms in total. The molecular formula is C25H26N4O4. The Hall–Kier alpha value is -3.91. The number of benzene rings is 2. The van der Waals surface area contributed by atoms with Gasteiger partial charge in [0, 0.05) is 34.9 Å². The molecule has 1 aliphatic heterocycles. The molecule has 3 aromatic rings. The molecule has 1 fully saturated rings. The highest BCUT2D eigenvalue weighted by molar-refractivity contribution is 6.01. The summed E-state index contributed by atoms with van der Waals surface area (Å²) in [5, 5.41) is 2.77. The Morgan fingerprint density at radius 2 is 1.70 bits per heavy atom. The van der Waals surface area contributed by atoms with Crippen molar-refractivity contribution in [2.75, 3.05) is 11.9 Å². The van der Waals surface area contributed by atoms with E-state index in [-0.39, 0.29) is 5.91 Å². The summed E-state index contributed by atoms with van der Waals surface area (Å²) < 4.78 is 7.36. The van der Waals surface area contributed by atoms with Crippen LogP contribution in [0.25, 0.3) is 5.69 Å². The van der Waals surface area contributed by atoms with Crippen molar-refractivity contribution in [1.82, 2.24) is 15.4 Å². The lowest BCUT2D eigenvalue weighted by Gasteiger charge is -2.12. The monoisotopic (exact) mass is 446 g/mol. The minimum Gasteiger partial charge on any atom is -0.368 e. The second-order valence-electron chi connectivity index (χ2n) is 7.94. The zero-order valence-electron chi connectivity index (χ0n) is 18.6. The first-order valence-electron chi connectivity index (χ1n) is 10.8. The van der Waals surface area contributed by atoms with E-state index in [4.69, 9.17) is 4.74 Å². The second-order valence-corrected chi connectivity index (χ2v) is 7.94. The predicted octanol–water partition coefficient (Wildman–Crippen LogP) is 3.29. The smallest absolute Gasteiger partial charge is 0.271 e. The van der Waals surface area contributed by atoms with E-state index in [1.54, 1.807) is 30.3 Å². The average Bonchev–Trinajstić information content (AvgIpc) is 3.46. The summed E-state index contributed by atoms with van der Waals surface area (Å²) >= 11 is 0. The number of hydrazine groups is 1. The summed E-state index contributed by atoms with van der Waals surface area (Å²) in [7, 11) is 0. The van der Waals surface area contributed by atoms with E-state index >= 15 is 0 Å². The zero-order chi connectivity index (χ0) is 23.4. The van der Waals surface area contributed by atoms with E-state index in [1.165, 1.54) is 0 Å². The molecule has 33 heavy (non-hydrogen) atoms. The Labute approximate surface area is 191 Å². The van der Waals surface area contributed by atoms with Crippen LogP contribution in [0.15, 0.2) is 60.7 Å². The van der Waals surface area contributed by atoms with Crippen LogP contribution in [0.2, 0.25) is 0 Å². The fraction of sp³-hybridized carbons (Fsp3) is 0.240. The summed E-state index contributed by atoms with van der Waals surface area (Å²) in [5.41, 5.74) is 8.81. The summed E-state index contributed by atoms with van der Waals surface area (Å²) in [5.74, 6) is -1.14. The van der Waals surface area contributed by atoms with E-state index in [0.717, 1.165) is 23.5 Å². The van der Waals surface area contributed by atoms with E-state index in [0.29, 0.717) is 29.8 Å². The number of carbonyl (C=O) groups excluding carboxylic acids is 3. The number of carbonyl (C=O) groups is 3. The van der Waals surface area contributed by atoms with Crippen molar-refractivity contribution in [2.45, 2.75) is 32.8 Å². The molecular weight excluding hydrogens is 420 g/mol. The fourth-order valence-corrected chi connectivity index (χ4v) is 3.97. The number of rotatable bonds is 5. The number of anilines is 1. The number of aryl methyl sites for hydroxylation is 1. The van der Waals surface area contributed by atoms with Crippen molar-refractivity contribution >= 4 is 23.4 Å². The number of ether oxygens (including phenoxy) is 1. The summed E-state index contributed by atoms with van der Waals surface area (Å²) in [6.07, 6.45) is 1.08. The van der Waals surface area contributed by atoms with E-state index < -0.39 is 17.9 Å². The number of nitrogens with zero attached hydrogens (tertiary/aromatic N) is 1. The molecule has 2 heterocycles. The molecule has 1 atom stereocenters. The van der Waals surface area contributed by atoms with Crippen molar-refractivity contribution < 1.29 is 19.1 Å². The third kappa shape index (κ3) is 4.96. The van der Waals surface area contributed by atoms with Gasteiger partial charge in [0.25, 0.3) is 17.7 Å². The van der Waals surface area contributed by atoms with Gasteiger partial charge in [-0.05, 0) is 63.1 Å². The van der Waals surface area contributed by atoms with Crippen LogP contribution in [0.4, 0.5) is 5.69 Å². The second kappa shape index (κ2) is 9.70. The third-order valence-corrected chi connectivity index (χ3v) is 5.59. The summed E-state index contributed by atoms with van der Waals surface area (Å²) in [4.78, 5) is 37.6. The first-order valence-corrected chi connectivity index (χ1v) is 10.8. The molecule has 1 saturated heterocycles. The molecule has 8 heteroatoms. The van der Waals surface area contributed by atoms with Crippen molar-refractivity contribution in [3.05, 3.63) is 83.2 Å². The molecule has 2 aromatic carbocycles. The Balaban J connectivity index is 1.40. The van der Waals surface area contributed by atoms with Crippen LogP contribution in [0.5, 0.6) is 0 Å². The zero-order valence-corrected chi connectivity index (χ0v) is 18.6. The maximum Gasteiger partial charge on any atom is 0.271 e. The number of para-hydroxylation sites is 1. The maximum absolute atomic E-state index is 12.7. The molecule has 170 valence electrons. The Bertz CT molecular complexity index is 1180. The maximum atomic E-state index is 12.7. The van der Waals surface area contributed by atoms with Gasteiger partial charge < -0.3 is 14.6 Å². The van der Waals surface area contributed by atoms with Crippen molar-refractivity contribution in [3.63, 3.8) is 0 Å². The highest BCUT2D eigenvalue weighted by Gasteiger charge is 2.24. The number of nitrogens with one attached hydrogen (secondary N) is 3. The van der Waals surface area contributed by atoms with Crippen LogP contribution in [0.1, 0.15) is 44.9 Å². The number of hydrogen-bond acceptors (Lipinski definition) is 4. The molecule has 0 saturated carbocycles. The van der Waals surface area contributed by atoms with Crippen LogP contribution in [-0.4, -0.2) is 35.0 Å². The lowest BCUT2D eigenvalue weighted by molar-refractivity contribution is -0.124. The van der Waals surface area contributed by atoms with Crippen LogP contribution < -0.4 is 16.2 Å². The number of aromatic nitrogens is 1. The van der Waals surface area contributed by atoms with Crippen LogP contribution in [0, 0.1) is 13.8 Å². The van der Waals surface area contributed by atoms with Crippen LogP contribution in [0.3, 0.4) is 0 Å². The van der Waals surface area contributed by atoms with Gasteiger partial charge in [-0.2, -0.15) is 0 Å². The quantitative estimate of drug-likeness (QED) is 0.524.